The van der Waals surface area contributed by atoms with Gasteiger partial charge in [0.2, 0.25) is 5.88 Å². The zero-order chi connectivity index (χ0) is 11.3. The fraction of sp³-hybridized carbons (Fsp3) is 0.455. The number of nitrogens with zero attached hydrogens (tertiary/aromatic N) is 1. The van der Waals surface area contributed by atoms with E-state index in [4.69, 9.17) is 9.47 Å². The van der Waals surface area contributed by atoms with Gasteiger partial charge in [-0.15, -0.1) is 0 Å². The number of carbonyl (C=O) groups is 1. The molecule has 0 atom stereocenters. The first-order valence-corrected chi connectivity index (χ1v) is 4.72. The number of aryl methyl sites for hydroxylation is 1. The summed E-state index contributed by atoms with van der Waals surface area (Å²) in [4.78, 5) is 15.8. The largest absolute Gasteiger partial charge is 0.480 e. The van der Waals surface area contributed by atoms with Gasteiger partial charge in [0.15, 0.2) is 5.78 Å². The van der Waals surface area contributed by atoms with Gasteiger partial charge < -0.3 is 9.47 Å². The number of rotatable bonds is 5. The maximum absolute atomic E-state index is 11.7. The van der Waals surface area contributed by atoms with Crippen molar-refractivity contribution in [2.45, 2.75) is 13.3 Å². The number of carbonyl (C=O) groups excluding carboxylic acids is 1. The molecule has 4 nitrogen and oxygen atoms in total. The molecule has 1 rings (SSSR count). The summed E-state index contributed by atoms with van der Waals surface area (Å²) in [6.45, 7) is 2.27. The van der Waals surface area contributed by atoms with E-state index in [1.165, 1.54) is 7.11 Å². The molecule has 0 fully saturated rings. The quantitative estimate of drug-likeness (QED) is 0.691. The Labute approximate surface area is 89.2 Å². The summed E-state index contributed by atoms with van der Waals surface area (Å²) in [6.07, 6.45) is 0.345. The Kier molecular flexibility index (Phi) is 4.24. The van der Waals surface area contributed by atoms with Gasteiger partial charge in [0.05, 0.1) is 19.3 Å². The molecule has 0 aliphatic rings. The number of hydrogen-bond donors (Lipinski definition) is 0. The number of ketones is 1. The van der Waals surface area contributed by atoms with Crippen molar-refractivity contribution in [2.75, 3.05) is 20.8 Å². The van der Waals surface area contributed by atoms with E-state index in [1.807, 2.05) is 6.92 Å². The van der Waals surface area contributed by atoms with Gasteiger partial charge in [0, 0.05) is 19.2 Å². The molecule has 0 N–H and O–H groups in total. The summed E-state index contributed by atoms with van der Waals surface area (Å²) < 4.78 is 9.90. The van der Waals surface area contributed by atoms with E-state index in [0.717, 1.165) is 5.69 Å². The van der Waals surface area contributed by atoms with Crippen LogP contribution in [0.2, 0.25) is 0 Å². The van der Waals surface area contributed by atoms with E-state index >= 15 is 0 Å². The SMILES string of the molecule is COCCC(=O)c1ccc(C)nc1OC. The Bertz CT molecular complexity index is 350. The summed E-state index contributed by atoms with van der Waals surface area (Å²) in [7, 11) is 3.08. The molecule has 0 aliphatic carbocycles. The van der Waals surface area contributed by atoms with Crippen molar-refractivity contribution >= 4 is 5.78 Å². The molecule has 0 saturated heterocycles. The maximum atomic E-state index is 11.7. The molecule has 0 amide bonds. The lowest BCUT2D eigenvalue weighted by molar-refractivity contribution is 0.0928. The summed E-state index contributed by atoms with van der Waals surface area (Å²) in [5.41, 5.74) is 1.34. The van der Waals surface area contributed by atoms with Gasteiger partial charge in [-0.25, -0.2) is 4.98 Å². The first-order chi connectivity index (χ1) is 7.19. The highest BCUT2D eigenvalue weighted by molar-refractivity contribution is 5.98. The van der Waals surface area contributed by atoms with E-state index in [1.54, 1.807) is 19.2 Å². The highest BCUT2D eigenvalue weighted by Gasteiger charge is 2.12. The van der Waals surface area contributed by atoms with Crippen LogP contribution < -0.4 is 4.74 Å². The predicted octanol–water partition coefficient (Wildman–Crippen LogP) is 1.62. The highest BCUT2D eigenvalue weighted by atomic mass is 16.5. The topological polar surface area (TPSA) is 48.4 Å². The molecule has 1 aromatic heterocycles. The molecule has 82 valence electrons. The lowest BCUT2D eigenvalue weighted by atomic mass is 10.1. The van der Waals surface area contributed by atoms with Crippen LogP contribution in [0.15, 0.2) is 12.1 Å². The number of aromatic nitrogens is 1. The molecular formula is C11H15NO3. The maximum Gasteiger partial charge on any atom is 0.224 e. The van der Waals surface area contributed by atoms with Crippen LogP contribution in [-0.2, 0) is 4.74 Å². The van der Waals surface area contributed by atoms with Crippen LogP contribution >= 0.6 is 0 Å². The summed E-state index contributed by atoms with van der Waals surface area (Å²) in [6, 6.07) is 3.53. The van der Waals surface area contributed by atoms with Crippen molar-refractivity contribution in [2.24, 2.45) is 0 Å². The second-order valence-corrected chi connectivity index (χ2v) is 3.18. The van der Waals surface area contributed by atoms with Crippen molar-refractivity contribution in [1.82, 2.24) is 4.98 Å². The molecule has 1 heterocycles. The molecule has 0 spiro atoms. The number of Topliss-reactive ketones (excluding diaryl/α,β-unsaturated/α-hetero) is 1. The normalized spacial score (nSPS) is 10.1. The second kappa shape index (κ2) is 5.46. The zero-order valence-electron chi connectivity index (χ0n) is 9.24. The number of pyridine rings is 1. The minimum absolute atomic E-state index is 0.0128. The molecule has 0 aliphatic heterocycles. The fourth-order valence-corrected chi connectivity index (χ4v) is 1.23. The first-order valence-electron chi connectivity index (χ1n) is 4.72. The first kappa shape index (κ1) is 11.7. The predicted molar refractivity (Wildman–Crippen MR) is 56.3 cm³/mol. The lowest BCUT2D eigenvalue weighted by Gasteiger charge is -2.06. The van der Waals surface area contributed by atoms with Gasteiger partial charge in [-0.1, -0.05) is 0 Å². The Hall–Kier alpha value is -1.42. The van der Waals surface area contributed by atoms with Crippen LogP contribution in [0.5, 0.6) is 5.88 Å². The van der Waals surface area contributed by atoms with E-state index < -0.39 is 0 Å². The third-order valence-electron chi connectivity index (χ3n) is 2.03. The van der Waals surface area contributed by atoms with Crippen LogP contribution in [0.3, 0.4) is 0 Å². The Morgan fingerprint density at radius 2 is 2.13 bits per heavy atom. The van der Waals surface area contributed by atoms with Crippen molar-refractivity contribution in [3.63, 3.8) is 0 Å². The molecule has 0 unspecified atom stereocenters. The number of ether oxygens (including phenoxy) is 2. The van der Waals surface area contributed by atoms with E-state index in [2.05, 4.69) is 4.98 Å². The molecule has 1 aromatic rings. The monoisotopic (exact) mass is 209 g/mol. The molecule has 4 heteroatoms. The van der Waals surface area contributed by atoms with Gasteiger partial charge in [-0.2, -0.15) is 0 Å². The minimum Gasteiger partial charge on any atom is -0.480 e. The third-order valence-corrected chi connectivity index (χ3v) is 2.03. The average molecular weight is 209 g/mol. The standard InChI is InChI=1S/C11H15NO3/c1-8-4-5-9(11(12-8)15-3)10(13)6-7-14-2/h4-5H,6-7H2,1-3H3. The van der Waals surface area contributed by atoms with E-state index in [-0.39, 0.29) is 5.78 Å². The summed E-state index contributed by atoms with van der Waals surface area (Å²) in [5.74, 6) is 0.373. The van der Waals surface area contributed by atoms with E-state index in [0.29, 0.717) is 24.5 Å². The van der Waals surface area contributed by atoms with Gasteiger partial charge in [0.25, 0.3) is 0 Å². The Balaban J connectivity index is 2.87. The van der Waals surface area contributed by atoms with Crippen LogP contribution in [-0.4, -0.2) is 31.6 Å². The van der Waals surface area contributed by atoms with Gasteiger partial charge >= 0.3 is 0 Å². The van der Waals surface area contributed by atoms with Crippen LogP contribution in [0.1, 0.15) is 22.5 Å². The van der Waals surface area contributed by atoms with Crippen molar-refractivity contribution in [3.05, 3.63) is 23.4 Å². The third kappa shape index (κ3) is 3.02. The molecule has 15 heavy (non-hydrogen) atoms. The summed E-state index contributed by atoms with van der Waals surface area (Å²) in [5, 5.41) is 0. The van der Waals surface area contributed by atoms with Crippen molar-refractivity contribution in [3.8, 4) is 5.88 Å². The molecule has 0 bridgehead atoms. The average Bonchev–Trinajstić information content (AvgIpc) is 2.25. The summed E-state index contributed by atoms with van der Waals surface area (Å²) >= 11 is 0. The molecular weight excluding hydrogens is 194 g/mol. The minimum atomic E-state index is -0.0128. The second-order valence-electron chi connectivity index (χ2n) is 3.18. The molecule has 0 radical (unpaired) electrons. The Morgan fingerprint density at radius 3 is 2.73 bits per heavy atom. The van der Waals surface area contributed by atoms with Crippen molar-refractivity contribution in [1.29, 1.82) is 0 Å². The van der Waals surface area contributed by atoms with E-state index in [9.17, 15) is 4.79 Å². The smallest absolute Gasteiger partial charge is 0.224 e. The van der Waals surface area contributed by atoms with Gasteiger partial charge in [-0.3, -0.25) is 4.79 Å². The van der Waals surface area contributed by atoms with Crippen molar-refractivity contribution < 1.29 is 14.3 Å². The van der Waals surface area contributed by atoms with Crippen LogP contribution in [0.25, 0.3) is 0 Å². The van der Waals surface area contributed by atoms with Crippen LogP contribution in [0.4, 0.5) is 0 Å². The van der Waals surface area contributed by atoms with Gasteiger partial charge in [0.1, 0.15) is 0 Å². The number of methoxy groups -OCH3 is 2. The number of hydrogen-bond acceptors (Lipinski definition) is 4. The van der Waals surface area contributed by atoms with Crippen LogP contribution in [0, 0.1) is 6.92 Å². The van der Waals surface area contributed by atoms with Gasteiger partial charge in [-0.05, 0) is 19.1 Å². The zero-order valence-corrected chi connectivity index (χ0v) is 9.24. The highest BCUT2D eigenvalue weighted by Crippen LogP contribution is 2.17. The Morgan fingerprint density at radius 1 is 1.40 bits per heavy atom. The fourth-order valence-electron chi connectivity index (χ4n) is 1.23. The molecule has 0 saturated carbocycles. The lowest BCUT2D eigenvalue weighted by Crippen LogP contribution is -2.07. The molecule has 0 aromatic carbocycles.